The summed E-state index contributed by atoms with van der Waals surface area (Å²) in [7, 11) is 1.72. The molecule has 5 nitrogen and oxygen atoms in total. The number of carbonyl (C=O) groups excluding carboxylic acids is 1. The molecule has 0 saturated carbocycles. The van der Waals surface area contributed by atoms with Crippen molar-refractivity contribution < 1.29 is 4.79 Å². The molecule has 0 aliphatic rings. The van der Waals surface area contributed by atoms with Crippen LogP contribution in [-0.4, -0.2) is 33.0 Å². The monoisotopic (exact) mass is 264 g/mol. The lowest BCUT2D eigenvalue weighted by atomic mass is 10.1. The third-order valence-corrected chi connectivity index (χ3v) is 2.84. The maximum absolute atomic E-state index is 12.2. The lowest BCUT2D eigenvalue weighted by Crippen LogP contribution is -2.26. The summed E-state index contributed by atoms with van der Waals surface area (Å²) in [6.45, 7) is 0.393. The number of aromatic amines is 1. The van der Waals surface area contributed by atoms with Crippen molar-refractivity contribution in [2.45, 2.75) is 12.4 Å². The first-order chi connectivity index (χ1) is 8.70. The molecule has 2 rings (SSSR count). The highest BCUT2D eigenvalue weighted by Crippen LogP contribution is 2.10. The maximum atomic E-state index is 12.2. The number of benzene rings is 1. The van der Waals surface area contributed by atoms with Crippen molar-refractivity contribution in [3.63, 3.8) is 0 Å². The number of nitrogens with zero attached hydrogens (tertiary/aromatic N) is 3. The number of halogens is 1. The number of rotatable bonds is 4. The Morgan fingerprint density at radius 1 is 1.50 bits per heavy atom. The Balaban J connectivity index is 2.10. The van der Waals surface area contributed by atoms with Crippen LogP contribution >= 0.6 is 11.6 Å². The zero-order valence-corrected chi connectivity index (χ0v) is 10.7. The Morgan fingerprint density at radius 3 is 3.00 bits per heavy atom. The molecule has 1 aromatic carbocycles. The van der Waals surface area contributed by atoms with Crippen molar-refractivity contribution in [2.24, 2.45) is 0 Å². The third kappa shape index (κ3) is 2.87. The molecule has 0 atom stereocenters. The van der Waals surface area contributed by atoms with Gasteiger partial charge in [-0.3, -0.25) is 9.89 Å². The molecule has 0 fully saturated rings. The lowest BCUT2D eigenvalue weighted by Gasteiger charge is -2.15. The van der Waals surface area contributed by atoms with E-state index in [1.54, 1.807) is 24.1 Å². The SMILES string of the molecule is CN(Cc1ncn[nH]1)C(=O)c1cccc(CCl)c1. The second-order valence-electron chi connectivity index (χ2n) is 3.93. The van der Waals surface area contributed by atoms with Crippen LogP contribution in [0.1, 0.15) is 21.7 Å². The summed E-state index contributed by atoms with van der Waals surface area (Å²) < 4.78 is 0. The van der Waals surface area contributed by atoms with Crippen LogP contribution < -0.4 is 0 Å². The van der Waals surface area contributed by atoms with Gasteiger partial charge in [-0.15, -0.1) is 11.6 Å². The van der Waals surface area contributed by atoms with E-state index in [0.29, 0.717) is 23.8 Å². The van der Waals surface area contributed by atoms with Crippen LogP contribution in [0.3, 0.4) is 0 Å². The summed E-state index contributed by atoms with van der Waals surface area (Å²) in [4.78, 5) is 17.7. The van der Waals surface area contributed by atoms with Gasteiger partial charge in [0.05, 0.1) is 6.54 Å². The van der Waals surface area contributed by atoms with Crippen LogP contribution in [0.5, 0.6) is 0 Å². The van der Waals surface area contributed by atoms with E-state index in [1.807, 2.05) is 12.1 Å². The predicted molar refractivity (Wildman–Crippen MR) is 68.2 cm³/mol. The quantitative estimate of drug-likeness (QED) is 0.857. The molecule has 1 amide bonds. The van der Waals surface area contributed by atoms with Gasteiger partial charge in [-0.1, -0.05) is 12.1 Å². The fourth-order valence-electron chi connectivity index (χ4n) is 1.61. The molecular weight excluding hydrogens is 252 g/mol. The second kappa shape index (κ2) is 5.64. The molecule has 94 valence electrons. The predicted octanol–water partition coefficient (Wildman–Crippen LogP) is 1.82. The number of hydrogen-bond acceptors (Lipinski definition) is 3. The van der Waals surface area contributed by atoms with Gasteiger partial charge in [0, 0.05) is 18.5 Å². The summed E-state index contributed by atoms with van der Waals surface area (Å²) in [5.41, 5.74) is 1.55. The first-order valence-electron chi connectivity index (χ1n) is 5.45. The smallest absolute Gasteiger partial charge is 0.254 e. The van der Waals surface area contributed by atoms with Gasteiger partial charge in [-0.25, -0.2) is 4.98 Å². The van der Waals surface area contributed by atoms with Crippen molar-refractivity contribution >= 4 is 17.5 Å². The molecule has 2 aromatic rings. The van der Waals surface area contributed by atoms with Gasteiger partial charge in [0.25, 0.3) is 5.91 Å². The molecular formula is C12H13ClN4O. The molecule has 0 bridgehead atoms. The van der Waals surface area contributed by atoms with Gasteiger partial charge in [-0.05, 0) is 17.7 Å². The van der Waals surface area contributed by atoms with Crippen molar-refractivity contribution in [1.82, 2.24) is 20.1 Å². The van der Waals surface area contributed by atoms with Gasteiger partial charge < -0.3 is 4.90 Å². The lowest BCUT2D eigenvalue weighted by molar-refractivity contribution is 0.0781. The van der Waals surface area contributed by atoms with Gasteiger partial charge in [0.2, 0.25) is 0 Å². The molecule has 0 radical (unpaired) electrons. The van der Waals surface area contributed by atoms with Gasteiger partial charge in [-0.2, -0.15) is 5.10 Å². The highest BCUT2D eigenvalue weighted by Gasteiger charge is 2.13. The van der Waals surface area contributed by atoms with Crippen molar-refractivity contribution in [1.29, 1.82) is 0 Å². The van der Waals surface area contributed by atoms with Crippen molar-refractivity contribution in [3.8, 4) is 0 Å². The van der Waals surface area contributed by atoms with Crippen molar-refractivity contribution in [2.75, 3.05) is 7.05 Å². The Kier molecular flexibility index (Phi) is 3.94. The molecule has 0 aliphatic heterocycles. The first kappa shape index (κ1) is 12.6. The maximum Gasteiger partial charge on any atom is 0.254 e. The van der Waals surface area contributed by atoms with E-state index >= 15 is 0 Å². The Labute approximate surface area is 110 Å². The highest BCUT2D eigenvalue weighted by atomic mass is 35.5. The van der Waals surface area contributed by atoms with E-state index in [0.717, 1.165) is 5.56 Å². The largest absolute Gasteiger partial charge is 0.334 e. The molecule has 0 aliphatic carbocycles. The van der Waals surface area contributed by atoms with Gasteiger partial charge in [0.1, 0.15) is 12.2 Å². The summed E-state index contributed by atoms with van der Waals surface area (Å²) in [5, 5.41) is 6.46. The van der Waals surface area contributed by atoms with E-state index < -0.39 is 0 Å². The van der Waals surface area contributed by atoms with E-state index in [1.165, 1.54) is 6.33 Å². The third-order valence-electron chi connectivity index (χ3n) is 2.53. The number of amides is 1. The van der Waals surface area contributed by atoms with E-state index in [9.17, 15) is 4.79 Å². The van der Waals surface area contributed by atoms with Crippen LogP contribution in [0.15, 0.2) is 30.6 Å². The number of hydrogen-bond donors (Lipinski definition) is 1. The summed E-state index contributed by atoms with van der Waals surface area (Å²) >= 11 is 5.75. The van der Waals surface area contributed by atoms with E-state index in [2.05, 4.69) is 15.2 Å². The normalized spacial score (nSPS) is 10.3. The highest BCUT2D eigenvalue weighted by molar-refractivity contribution is 6.17. The van der Waals surface area contributed by atoms with Crippen LogP contribution in [0.4, 0.5) is 0 Å². The molecule has 0 spiro atoms. The van der Waals surface area contributed by atoms with E-state index in [4.69, 9.17) is 11.6 Å². The number of alkyl halides is 1. The van der Waals surface area contributed by atoms with Gasteiger partial charge in [0.15, 0.2) is 0 Å². The summed E-state index contributed by atoms with van der Waals surface area (Å²) in [6, 6.07) is 7.29. The molecule has 1 heterocycles. The minimum Gasteiger partial charge on any atom is -0.334 e. The second-order valence-corrected chi connectivity index (χ2v) is 4.19. The first-order valence-corrected chi connectivity index (χ1v) is 5.99. The van der Waals surface area contributed by atoms with Crippen LogP contribution in [0.2, 0.25) is 0 Å². The molecule has 0 unspecified atom stereocenters. The number of nitrogens with one attached hydrogen (secondary N) is 1. The fourth-order valence-corrected chi connectivity index (χ4v) is 1.78. The number of H-pyrrole nitrogens is 1. The molecule has 18 heavy (non-hydrogen) atoms. The standard InChI is InChI=1S/C12H13ClN4O/c1-17(7-11-14-8-15-16-11)12(18)10-4-2-3-9(5-10)6-13/h2-5,8H,6-7H2,1H3,(H,14,15,16). The molecule has 1 N–H and O–H groups in total. The zero-order chi connectivity index (χ0) is 13.0. The van der Waals surface area contributed by atoms with Crippen LogP contribution in [0, 0.1) is 0 Å². The average Bonchev–Trinajstić information content (AvgIpc) is 2.90. The van der Waals surface area contributed by atoms with Crippen LogP contribution in [0.25, 0.3) is 0 Å². The minimum absolute atomic E-state index is 0.0710. The number of carbonyl (C=O) groups is 1. The van der Waals surface area contributed by atoms with Crippen LogP contribution in [-0.2, 0) is 12.4 Å². The average molecular weight is 265 g/mol. The minimum atomic E-state index is -0.0710. The topological polar surface area (TPSA) is 61.9 Å². The fraction of sp³-hybridized carbons (Fsp3) is 0.250. The van der Waals surface area contributed by atoms with Gasteiger partial charge >= 0.3 is 0 Å². The van der Waals surface area contributed by atoms with Crippen molar-refractivity contribution in [3.05, 3.63) is 47.5 Å². The molecule has 1 aromatic heterocycles. The Hall–Kier alpha value is -1.88. The number of aromatic nitrogens is 3. The Morgan fingerprint density at radius 2 is 2.33 bits per heavy atom. The zero-order valence-electron chi connectivity index (χ0n) is 9.93. The molecule has 0 saturated heterocycles. The summed E-state index contributed by atoms with van der Waals surface area (Å²) in [6.07, 6.45) is 1.42. The molecule has 6 heteroatoms. The van der Waals surface area contributed by atoms with E-state index in [-0.39, 0.29) is 5.91 Å². The summed E-state index contributed by atoms with van der Waals surface area (Å²) in [5.74, 6) is 0.977. The Bertz CT molecular complexity index is 527.